The van der Waals surface area contributed by atoms with Crippen LogP contribution >= 0.6 is 50.9 Å². The van der Waals surface area contributed by atoms with Gasteiger partial charge in [-0.05, 0) is 48.9 Å². The van der Waals surface area contributed by atoms with Gasteiger partial charge in [0.2, 0.25) is 11.8 Å². The fourth-order valence-corrected chi connectivity index (χ4v) is 3.73. The molecule has 0 fully saturated rings. The van der Waals surface area contributed by atoms with Crippen LogP contribution in [0.25, 0.3) is 11.5 Å². The van der Waals surface area contributed by atoms with Gasteiger partial charge in [0.1, 0.15) is 0 Å². The van der Waals surface area contributed by atoms with E-state index in [9.17, 15) is 4.79 Å². The molecule has 1 unspecified atom stereocenters. The average Bonchev–Trinajstić information content (AvgIpc) is 3.09. The Morgan fingerprint density at radius 3 is 2.67 bits per heavy atom. The van der Waals surface area contributed by atoms with Crippen molar-refractivity contribution in [3.8, 4) is 11.5 Å². The molecule has 140 valence electrons. The molecule has 1 N–H and O–H groups in total. The first kappa shape index (κ1) is 20.2. The first-order valence-corrected chi connectivity index (χ1v) is 10.4. The summed E-state index contributed by atoms with van der Waals surface area (Å²) < 4.78 is 6.56. The maximum absolute atomic E-state index is 12.2. The van der Waals surface area contributed by atoms with E-state index < -0.39 is 0 Å². The van der Waals surface area contributed by atoms with Gasteiger partial charge < -0.3 is 9.73 Å². The molecule has 3 rings (SSSR count). The summed E-state index contributed by atoms with van der Waals surface area (Å²) in [7, 11) is 0. The van der Waals surface area contributed by atoms with Crippen LogP contribution in [0, 0.1) is 0 Å². The van der Waals surface area contributed by atoms with Crippen LogP contribution in [0.5, 0.6) is 0 Å². The lowest BCUT2D eigenvalue weighted by molar-refractivity contribution is -0.119. The Morgan fingerprint density at radius 2 is 1.96 bits per heavy atom. The molecule has 0 aliphatic rings. The van der Waals surface area contributed by atoms with Gasteiger partial charge in [-0.2, -0.15) is 0 Å². The van der Waals surface area contributed by atoms with Crippen molar-refractivity contribution in [2.24, 2.45) is 0 Å². The van der Waals surface area contributed by atoms with E-state index in [0.717, 1.165) is 15.6 Å². The first-order chi connectivity index (χ1) is 12.9. The fourth-order valence-electron chi connectivity index (χ4n) is 2.32. The van der Waals surface area contributed by atoms with Gasteiger partial charge in [-0.25, -0.2) is 0 Å². The number of carbonyl (C=O) groups excluding carboxylic acids is 1. The highest BCUT2D eigenvalue weighted by molar-refractivity contribution is 9.10. The van der Waals surface area contributed by atoms with E-state index in [2.05, 4.69) is 31.4 Å². The Kier molecular flexibility index (Phi) is 6.81. The van der Waals surface area contributed by atoms with Crippen molar-refractivity contribution in [1.82, 2.24) is 15.5 Å². The largest absolute Gasteiger partial charge is 0.411 e. The number of hydrogen-bond acceptors (Lipinski definition) is 5. The van der Waals surface area contributed by atoms with Crippen molar-refractivity contribution in [2.45, 2.75) is 18.2 Å². The Bertz CT molecular complexity index is 950. The molecule has 0 spiro atoms. The van der Waals surface area contributed by atoms with Crippen LogP contribution in [0.4, 0.5) is 0 Å². The molecular formula is C18H14BrCl2N3O2S. The molecule has 5 nitrogen and oxygen atoms in total. The molecule has 3 aromatic rings. The van der Waals surface area contributed by atoms with Gasteiger partial charge in [0.25, 0.3) is 5.22 Å². The molecule has 0 saturated heterocycles. The lowest BCUT2D eigenvalue weighted by Gasteiger charge is -2.15. The monoisotopic (exact) mass is 485 g/mol. The van der Waals surface area contributed by atoms with E-state index in [1.807, 2.05) is 31.2 Å². The molecule has 0 bridgehead atoms. The predicted octanol–water partition coefficient (Wildman–Crippen LogP) is 5.78. The van der Waals surface area contributed by atoms with Gasteiger partial charge in [-0.1, -0.05) is 57.0 Å². The summed E-state index contributed by atoms with van der Waals surface area (Å²) in [6.07, 6.45) is 0. The van der Waals surface area contributed by atoms with Crippen LogP contribution in [0.3, 0.4) is 0 Å². The third kappa shape index (κ3) is 5.48. The summed E-state index contributed by atoms with van der Waals surface area (Å²) in [5.41, 5.74) is 1.61. The summed E-state index contributed by atoms with van der Waals surface area (Å²) in [6, 6.07) is 12.5. The van der Waals surface area contributed by atoms with E-state index in [-0.39, 0.29) is 17.7 Å². The van der Waals surface area contributed by atoms with Crippen LogP contribution < -0.4 is 5.32 Å². The minimum absolute atomic E-state index is 0.150. The van der Waals surface area contributed by atoms with Gasteiger partial charge in [0.15, 0.2) is 0 Å². The van der Waals surface area contributed by atoms with Crippen LogP contribution in [0.15, 0.2) is 56.6 Å². The maximum atomic E-state index is 12.2. The zero-order valence-electron chi connectivity index (χ0n) is 14.1. The van der Waals surface area contributed by atoms with Crippen LogP contribution in [-0.2, 0) is 4.79 Å². The molecule has 0 aliphatic heterocycles. The quantitative estimate of drug-likeness (QED) is 0.447. The van der Waals surface area contributed by atoms with Crippen molar-refractivity contribution in [3.05, 3.63) is 62.5 Å². The van der Waals surface area contributed by atoms with Gasteiger partial charge in [0, 0.05) is 20.1 Å². The molecule has 1 amide bonds. The molecule has 2 aromatic carbocycles. The van der Waals surface area contributed by atoms with E-state index in [1.54, 1.807) is 18.2 Å². The standard InChI is InChI=1S/C18H14BrCl2N3O2S/c1-10(14-7-6-13(20)8-15(14)21)22-16(25)9-27-18-24-23-17(26-18)11-2-4-12(19)5-3-11/h2-8,10H,9H2,1H3,(H,22,25). The Balaban J connectivity index is 1.55. The molecule has 1 atom stereocenters. The number of carbonyl (C=O) groups is 1. The number of nitrogens with zero attached hydrogens (tertiary/aromatic N) is 2. The summed E-state index contributed by atoms with van der Waals surface area (Å²) in [5, 5.41) is 12.3. The molecule has 0 aliphatic carbocycles. The van der Waals surface area contributed by atoms with E-state index >= 15 is 0 Å². The molecule has 1 aromatic heterocycles. The minimum Gasteiger partial charge on any atom is -0.411 e. The smallest absolute Gasteiger partial charge is 0.277 e. The van der Waals surface area contributed by atoms with Crippen molar-refractivity contribution in [2.75, 3.05) is 5.75 Å². The lowest BCUT2D eigenvalue weighted by Crippen LogP contribution is -2.28. The summed E-state index contributed by atoms with van der Waals surface area (Å²) in [6.45, 7) is 1.86. The summed E-state index contributed by atoms with van der Waals surface area (Å²) in [4.78, 5) is 12.2. The Hall–Kier alpha value is -1.54. The number of halogens is 3. The zero-order valence-corrected chi connectivity index (χ0v) is 18.0. The summed E-state index contributed by atoms with van der Waals surface area (Å²) >= 11 is 16.6. The molecule has 0 radical (unpaired) electrons. The van der Waals surface area contributed by atoms with Gasteiger partial charge in [-0.3, -0.25) is 4.79 Å². The second kappa shape index (κ2) is 9.10. The molecule has 0 saturated carbocycles. The Morgan fingerprint density at radius 1 is 1.22 bits per heavy atom. The molecule has 1 heterocycles. The zero-order chi connectivity index (χ0) is 19.4. The van der Waals surface area contributed by atoms with Crippen molar-refractivity contribution in [3.63, 3.8) is 0 Å². The molecule has 27 heavy (non-hydrogen) atoms. The van der Waals surface area contributed by atoms with Crippen LogP contribution in [-0.4, -0.2) is 21.9 Å². The number of nitrogens with one attached hydrogen (secondary N) is 1. The topological polar surface area (TPSA) is 68.0 Å². The predicted molar refractivity (Wildman–Crippen MR) is 111 cm³/mol. The second-order valence-corrected chi connectivity index (χ2v) is 8.31. The van der Waals surface area contributed by atoms with Crippen molar-refractivity contribution >= 4 is 56.8 Å². The first-order valence-electron chi connectivity index (χ1n) is 7.89. The van der Waals surface area contributed by atoms with E-state index in [1.165, 1.54) is 11.8 Å². The number of hydrogen-bond donors (Lipinski definition) is 1. The fraction of sp³-hybridized carbons (Fsp3) is 0.167. The van der Waals surface area contributed by atoms with Crippen molar-refractivity contribution in [1.29, 1.82) is 0 Å². The number of aromatic nitrogens is 2. The van der Waals surface area contributed by atoms with Crippen LogP contribution in [0.2, 0.25) is 10.0 Å². The molecular weight excluding hydrogens is 473 g/mol. The highest BCUT2D eigenvalue weighted by Gasteiger charge is 2.15. The number of benzene rings is 2. The van der Waals surface area contributed by atoms with Crippen molar-refractivity contribution < 1.29 is 9.21 Å². The number of rotatable bonds is 6. The third-order valence-corrected chi connectivity index (χ3v) is 5.54. The number of thioether (sulfide) groups is 1. The third-order valence-electron chi connectivity index (χ3n) is 3.63. The average molecular weight is 487 g/mol. The minimum atomic E-state index is -0.246. The highest BCUT2D eigenvalue weighted by Crippen LogP contribution is 2.27. The Labute approximate surface area is 179 Å². The van der Waals surface area contributed by atoms with Crippen LogP contribution in [0.1, 0.15) is 18.5 Å². The normalized spacial score (nSPS) is 12.0. The van der Waals surface area contributed by atoms with E-state index in [0.29, 0.717) is 21.2 Å². The van der Waals surface area contributed by atoms with E-state index in [4.69, 9.17) is 27.6 Å². The molecule has 9 heteroatoms. The maximum Gasteiger partial charge on any atom is 0.277 e. The SMILES string of the molecule is CC(NC(=O)CSc1nnc(-c2ccc(Br)cc2)o1)c1ccc(Cl)cc1Cl. The highest BCUT2D eigenvalue weighted by atomic mass is 79.9. The van der Waals surface area contributed by atoms with Gasteiger partial charge in [0.05, 0.1) is 11.8 Å². The van der Waals surface area contributed by atoms with Gasteiger partial charge in [-0.15, -0.1) is 10.2 Å². The summed E-state index contributed by atoms with van der Waals surface area (Å²) in [5.74, 6) is 0.394. The lowest BCUT2D eigenvalue weighted by atomic mass is 10.1. The van der Waals surface area contributed by atoms with Gasteiger partial charge >= 0.3 is 0 Å². The number of amides is 1. The second-order valence-electron chi connectivity index (χ2n) is 5.62.